The highest BCUT2D eigenvalue weighted by Crippen LogP contribution is 2.33. The van der Waals surface area contributed by atoms with Gasteiger partial charge < -0.3 is 19.7 Å². The molecule has 2 N–H and O–H groups in total. The molecule has 1 amide bonds. The van der Waals surface area contributed by atoms with Gasteiger partial charge in [-0.3, -0.25) is 4.79 Å². The number of likely N-dealkylation sites (tertiary alicyclic amines) is 1. The molecule has 1 fully saturated rings. The molecule has 0 bridgehead atoms. The van der Waals surface area contributed by atoms with Crippen LogP contribution in [0.2, 0.25) is 10.0 Å². The van der Waals surface area contributed by atoms with E-state index in [2.05, 4.69) is 17.4 Å². The Hall–Kier alpha value is -1.95. The number of amides is 1. The highest BCUT2D eigenvalue weighted by atomic mass is 35.5. The van der Waals surface area contributed by atoms with E-state index in [0.29, 0.717) is 35.5 Å². The highest BCUT2D eigenvalue weighted by molar-refractivity contribution is 6.36. The monoisotopic (exact) mass is 407 g/mol. The number of fused-ring (bicyclic) bond motifs is 1. The third kappa shape index (κ3) is 4.15. The van der Waals surface area contributed by atoms with Crippen LogP contribution >= 0.6 is 23.2 Å². The lowest BCUT2D eigenvalue weighted by atomic mass is 10.0. The molecule has 0 aromatic heterocycles. The van der Waals surface area contributed by atoms with E-state index >= 15 is 0 Å². The summed E-state index contributed by atoms with van der Waals surface area (Å²) in [5, 5.41) is 3.88. The fourth-order valence-electron chi connectivity index (χ4n) is 3.79. The summed E-state index contributed by atoms with van der Waals surface area (Å²) in [6.07, 6.45) is 2.13. The van der Waals surface area contributed by atoms with Crippen LogP contribution in [-0.2, 0) is 4.79 Å². The Labute approximate surface area is 168 Å². The smallest absolute Gasteiger partial charge is 0.279 e. The number of benzene rings is 2. The largest absolute Gasteiger partial charge is 0.486 e. The van der Waals surface area contributed by atoms with Crippen LogP contribution in [0.15, 0.2) is 36.4 Å². The molecule has 2 aliphatic rings. The Balaban J connectivity index is 1.44. The average molecular weight is 408 g/mol. The number of hydrogen-bond acceptors (Lipinski definition) is 3. The van der Waals surface area contributed by atoms with Crippen LogP contribution in [0.1, 0.15) is 24.4 Å². The van der Waals surface area contributed by atoms with Crippen molar-refractivity contribution in [2.75, 3.05) is 31.6 Å². The second kappa shape index (κ2) is 7.97. The number of hydrogen-bond donors (Lipinski definition) is 2. The lowest BCUT2D eigenvalue weighted by Crippen LogP contribution is -3.11. The van der Waals surface area contributed by atoms with E-state index in [9.17, 15) is 4.79 Å². The van der Waals surface area contributed by atoms with Crippen LogP contribution in [0.5, 0.6) is 11.5 Å². The fourth-order valence-corrected chi connectivity index (χ4v) is 4.25. The van der Waals surface area contributed by atoms with Crippen LogP contribution in [0.25, 0.3) is 0 Å². The Morgan fingerprint density at radius 2 is 1.93 bits per heavy atom. The maximum Gasteiger partial charge on any atom is 0.279 e. The normalized spacial score (nSPS) is 21.1. The van der Waals surface area contributed by atoms with Gasteiger partial charge in [-0.15, -0.1) is 0 Å². The number of carbonyl (C=O) groups is 1. The molecule has 0 aliphatic carbocycles. The first-order chi connectivity index (χ1) is 13.1. The number of nitrogens with one attached hydrogen (secondary N) is 2. The van der Waals surface area contributed by atoms with Crippen molar-refractivity contribution in [3.8, 4) is 11.5 Å². The SMILES string of the molecule is O=C(C[NH+]1CCC[C@@H]1c1ccc2c(c1)OCCO2)Nc1ccc(Cl)cc1Cl. The van der Waals surface area contributed by atoms with Gasteiger partial charge in [-0.25, -0.2) is 0 Å². The molecule has 0 spiro atoms. The molecule has 0 radical (unpaired) electrons. The average Bonchev–Trinajstić information content (AvgIpc) is 3.11. The summed E-state index contributed by atoms with van der Waals surface area (Å²) in [6, 6.07) is 11.4. The second-order valence-corrected chi connectivity index (χ2v) is 7.70. The molecule has 27 heavy (non-hydrogen) atoms. The number of halogens is 2. The van der Waals surface area contributed by atoms with Gasteiger partial charge in [0.05, 0.1) is 17.3 Å². The Bertz CT molecular complexity index is 859. The fraction of sp³-hybridized carbons (Fsp3) is 0.350. The lowest BCUT2D eigenvalue weighted by Gasteiger charge is -2.24. The Kier molecular flexibility index (Phi) is 5.43. The molecule has 2 heterocycles. The maximum absolute atomic E-state index is 12.5. The van der Waals surface area contributed by atoms with Crippen molar-refractivity contribution in [2.45, 2.75) is 18.9 Å². The zero-order chi connectivity index (χ0) is 18.8. The zero-order valence-electron chi connectivity index (χ0n) is 14.8. The van der Waals surface area contributed by atoms with Crippen molar-refractivity contribution < 1.29 is 19.2 Å². The number of anilines is 1. The molecule has 2 aliphatic heterocycles. The van der Waals surface area contributed by atoms with Crippen molar-refractivity contribution in [1.82, 2.24) is 0 Å². The molecular weight excluding hydrogens is 387 g/mol. The molecule has 1 unspecified atom stereocenters. The first kappa shape index (κ1) is 18.4. The molecule has 7 heteroatoms. The van der Waals surface area contributed by atoms with E-state index in [4.69, 9.17) is 32.7 Å². The van der Waals surface area contributed by atoms with Crippen molar-refractivity contribution >= 4 is 34.8 Å². The van der Waals surface area contributed by atoms with Crippen LogP contribution in [-0.4, -0.2) is 32.2 Å². The predicted molar refractivity (Wildman–Crippen MR) is 105 cm³/mol. The van der Waals surface area contributed by atoms with Crippen molar-refractivity contribution in [3.05, 3.63) is 52.0 Å². The minimum Gasteiger partial charge on any atom is -0.486 e. The van der Waals surface area contributed by atoms with Gasteiger partial charge in [0, 0.05) is 23.4 Å². The van der Waals surface area contributed by atoms with Crippen molar-refractivity contribution in [1.29, 1.82) is 0 Å². The summed E-state index contributed by atoms with van der Waals surface area (Å²) < 4.78 is 11.3. The van der Waals surface area contributed by atoms with E-state index < -0.39 is 0 Å². The quantitative estimate of drug-likeness (QED) is 0.818. The van der Waals surface area contributed by atoms with Crippen molar-refractivity contribution in [2.24, 2.45) is 0 Å². The van der Waals surface area contributed by atoms with Crippen LogP contribution in [0.4, 0.5) is 5.69 Å². The first-order valence-electron chi connectivity index (χ1n) is 9.09. The van der Waals surface area contributed by atoms with Crippen LogP contribution < -0.4 is 19.7 Å². The summed E-state index contributed by atoms with van der Waals surface area (Å²) in [5.41, 5.74) is 1.77. The van der Waals surface area contributed by atoms with Gasteiger partial charge in [-0.05, 0) is 36.4 Å². The molecule has 2 aromatic rings. The second-order valence-electron chi connectivity index (χ2n) is 6.86. The zero-order valence-corrected chi connectivity index (χ0v) is 16.3. The lowest BCUT2D eigenvalue weighted by molar-refractivity contribution is -0.910. The van der Waals surface area contributed by atoms with E-state index in [-0.39, 0.29) is 11.9 Å². The van der Waals surface area contributed by atoms with E-state index in [1.54, 1.807) is 18.2 Å². The maximum atomic E-state index is 12.5. The molecular formula is C20H21Cl2N2O3+. The van der Waals surface area contributed by atoms with Gasteiger partial charge in [0.2, 0.25) is 0 Å². The summed E-state index contributed by atoms with van der Waals surface area (Å²) in [4.78, 5) is 13.8. The third-order valence-corrected chi connectivity index (χ3v) is 5.59. The van der Waals surface area contributed by atoms with Gasteiger partial charge in [0.15, 0.2) is 18.0 Å². The Morgan fingerprint density at radius 3 is 2.74 bits per heavy atom. The molecule has 2 atom stereocenters. The molecule has 4 rings (SSSR count). The van der Waals surface area contributed by atoms with E-state index in [0.717, 1.165) is 30.9 Å². The number of carbonyl (C=O) groups excluding carboxylic acids is 1. The number of ether oxygens (including phenoxy) is 2. The highest BCUT2D eigenvalue weighted by Gasteiger charge is 2.32. The number of quaternary nitrogens is 1. The third-order valence-electron chi connectivity index (χ3n) is 5.04. The Morgan fingerprint density at radius 1 is 1.11 bits per heavy atom. The van der Waals surface area contributed by atoms with Crippen LogP contribution in [0, 0.1) is 0 Å². The molecule has 1 saturated heterocycles. The summed E-state index contributed by atoms with van der Waals surface area (Å²) in [5.74, 6) is 1.53. The van der Waals surface area contributed by atoms with Gasteiger partial charge in [0.1, 0.15) is 19.3 Å². The molecule has 5 nitrogen and oxygen atoms in total. The molecule has 142 valence electrons. The number of rotatable bonds is 4. The topological polar surface area (TPSA) is 52.0 Å². The van der Waals surface area contributed by atoms with Gasteiger partial charge in [-0.1, -0.05) is 23.2 Å². The first-order valence-corrected chi connectivity index (χ1v) is 9.85. The minimum atomic E-state index is -0.0568. The van der Waals surface area contributed by atoms with E-state index in [1.807, 2.05) is 6.07 Å². The van der Waals surface area contributed by atoms with Gasteiger partial charge in [-0.2, -0.15) is 0 Å². The summed E-state index contributed by atoms with van der Waals surface area (Å²) >= 11 is 12.1. The standard InChI is InChI=1S/C20H20Cl2N2O3/c21-14-4-5-16(15(22)11-14)23-20(25)12-24-7-1-2-17(24)13-3-6-18-19(10-13)27-9-8-26-18/h3-6,10-11,17H,1-2,7-9,12H2,(H,23,25)/p+1/t17-/m1/s1. The molecule has 2 aromatic carbocycles. The van der Waals surface area contributed by atoms with Gasteiger partial charge in [0.25, 0.3) is 5.91 Å². The predicted octanol–water partition coefficient (Wildman–Crippen LogP) is 3.12. The van der Waals surface area contributed by atoms with E-state index in [1.165, 1.54) is 10.5 Å². The molecule has 0 saturated carbocycles. The van der Waals surface area contributed by atoms with Crippen molar-refractivity contribution in [3.63, 3.8) is 0 Å². The van der Waals surface area contributed by atoms with Crippen LogP contribution in [0.3, 0.4) is 0 Å². The minimum absolute atomic E-state index is 0.0568. The van der Waals surface area contributed by atoms with Gasteiger partial charge >= 0.3 is 0 Å². The summed E-state index contributed by atoms with van der Waals surface area (Å²) in [6.45, 7) is 2.50. The summed E-state index contributed by atoms with van der Waals surface area (Å²) in [7, 11) is 0.